The first-order valence-corrected chi connectivity index (χ1v) is 5.01. The van der Waals surface area contributed by atoms with Crippen molar-refractivity contribution in [3.63, 3.8) is 0 Å². The molecule has 0 saturated heterocycles. The second kappa shape index (κ2) is 5.59. The van der Waals surface area contributed by atoms with Crippen molar-refractivity contribution in [2.24, 2.45) is 0 Å². The molecule has 4 nitrogen and oxygen atoms in total. The third kappa shape index (κ3) is 2.70. The number of allylic oxidation sites excluding steroid dienone is 1. The van der Waals surface area contributed by atoms with Gasteiger partial charge in [0.15, 0.2) is 0 Å². The Labute approximate surface area is 91.5 Å². The predicted molar refractivity (Wildman–Crippen MR) is 59.6 cm³/mol. The normalized spacial score (nSPS) is 10.5. The number of hydrogen-bond donors (Lipinski definition) is 1. The molecule has 0 bridgehead atoms. The number of ether oxygens (including phenoxy) is 1. The summed E-state index contributed by atoms with van der Waals surface area (Å²) in [7, 11) is 1.79. The van der Waals surface area contributed by atoms with Gasteiger partial charge in [-0.1, -0.05) is 12.2 Å². The maximum absolute atomic E-state index is 5.39. The molecule has 0 saturated carbocycles. The van der Waals surface area contributed by atoms with Crippen molar-refractivity contribution < 1.29 is 4.74 Å². The van der Waals surface area contributed by atoms with Crippen LogP contribution < -0.4 is 10.1 Å². The molecule has 0 aliphatic rings. The summed E-state index contributed by atoms with van der Waals surface area (Å²) in [6, 6.07) is 0. The Morgan fingerprint density at radius 1 is 1.57 bits per heavy atom. The Morgan fingerprint density at radius 2 is 2.36 bits per heavy atom. The summed E-state index contributed by atoms with van der Waals surface area (Å²) in [5.41, 5.74) is 0. The van der Waals surface area contributed by atoms with Crippen LogP contribution in [0.1, 0.15) is 6.92 Å². The van der Waals surface area contributed by atoms with Gasteiger partial charge in [0.05, 0.1) is 0 Å². The lowest BCUT2D eigenvalue weighted by Crippen LogP contribution is -2.01. The molecule has 0 aliphatic heterocycles. The van der Waals surface area contributed by atoms with Gasteiger partial charge in [-0.15, -0.1) is 0 Å². The van der Waals surface area contributed by atoms with E-state index >= 15 is 0 Å². The quantitative estimate of drug-likeness (QED) is 0.841. The topological polar surface area (TPSA) is 47.0 Å². The molecule has 0 aliphatic carbocycles. The number of hydrogen-bond acceptors (Lipinski definition) is 4. The SMILES string of the molecule is C/C=C/COc1ncnc(NC)c1Br. The average molecular weight is 258 g/mol. The summed E-state index contributed by atoms with van der Waals surface area (Å²) in [6.45, 7) is 2.45. The van der Waals surface area contributed by atoms with Gasteiger partial charge in [-0.3, -0.25) is 0 Å². The fourth-order valence-corrected chi connectivity index (χ4v) is 1.37. The average Bonchev–Trinajstić information content (AvgIpc) is 2.21. The smallest absolute Gasteiger partial charge is 0.233 e. The van der Waals surface area contributed by atoms with Crippen LogP contribution in [0.25, 0.3) is 0 Å². The first-order chi connectivity index (χ1) is 6.79. The van der Waals surface area contributed by atoms with Gasteiger partial charge in [0.1, 0.15) is 23.2 Å². The molecule has 0 aromatic carbocycles. The summed E-state index contributed by atoms with van der Waals surface area (Å²) in [4.78, 5) is 8.02. The van der Waals surface area contributed by atoms with Gasteiger partial charge in [-0.2, -0.15) is 0 Å². The Kier molecular flexibility index (Phi) is 4.39. The van der Waals surface area contributed by atoms with E-state index in [-0.39, 0.29) is 0 Å². The summed E-state index contributed by atoms with van der Waals surface area (Å²) in [6.07, 6.45) is 5.29. The molecule has 0 amide bonds. The zero-order valence-corrected chi connectivity index (χ0v) is 9.71. The minimum Gasteiger partial charge on any atom is -0.473 e. The van der Waals surface area contributed by atoms with E-state index in [1.807, 2.05) is 19.1 Å². The standard InChI is InChI=1S/C9H12BrN3O/c1-3-4-5-14-9-7(10)8(11-2)12-6-13-9/h3-4,6H,5H2,1-2H3,(H,11,12,13)/b4-3+. The minimum atomic E-state index is 0.509. The molecular formula is C9H12BrN3O. The Bertz CT molecular complexity index is 328. The first kappa shape index (κ1) is 11.0. The highest BCUT2D eigenvalue weighted by Crippen LogP contribution is 2.27. The van der Waals surface area contributed by atoms with Crippen LogP contribution in [0, 0.1) is 0 Å². The van der Waals surface area contributed by atoms with E-state index in [4.69, 9.17) is 4.74 Å². The fraction of sp³-hybridized carbons (Fsp3) is 0.333. The van der Waals surface area contributed by atoms with Crippen LogP contribution >= 0.6 is 15.9 Å². The van der Waals surface area contributed by atoms with Crippen molar-refractivity contribution in [3.8, 4) is 5.88 Å². The zero-order valence-electron chi connectivity index (χ0n) is 8.12. The lowest BCUT2D eigenvalue weighted by molar-refractivity contribution is 0.345. The maximum Gasteiger partial charge on any atom is 0.233 e. The van der Waals surface area contributed by atoms with Crippen LogP contribution in [0.4, 0.5) is 5.82 Å². The fourth-order valence-electron chi connectivity index (χ4n) is 0.852. The van der Waals surface area contributed by atoms with Crippen LogP contribution in [-0.2, 0) is 0 Å². The third-order valence-electron chi connectivity index (χ3n) is 1.55. The highest BCUT2D eigenvalue weighted by Gasteiger charge is 2.07. The number of anilines is 1. The van der Waals surface area contributed by atoms with Gasteiger partial charge in [-0.25, -0.2) is 9.97 Å². The van der Waals surface area contributed by atoms with Crippen molar-refractivity contribution in [2.45, 2.75) is 6.92 Å². The van der Waals surface area contributed by atoms with Crippen molar-refractivity contribution in [2.75, 3.05) is 19.0 Å². The van der Waals surface area contributed by atoms with E-state index in [1.165, 1.54) is 6.33 Å². The Hall–Kier alpha value is -1.10. The molecule has 0 fully saturated rings. The van der Waals surface area contributed by atoms with E-state index in [9.17, 15) is 0 Å². The number of halogens is 1. The molecule has 1 N–H and O–H groups in total. The van der Waals surface area contributed by atoms with Gasteiger partial charge < -0.3 is 10.1 Å². The van der Waals surface area contributed by atoms with Gasteiger partial charge in [0.25, 0.3) is 0 Å². The van der Waals surface area contributed by atoms with Crippen molar-refractivity contribution >= 4 is 21.7 Å². The molecule has 1 aromatic heterocycles. The second-order valence-corrected chi connectivity index (χ2v) is 3.26. The highest BCUT2D eigenvalue weighted by molar-refractivity contribution is 9.10. The molecule has 1 rings (SSSR count). The van der Waals surface area contributed by atoms with Crippen molar-refractivity contribution in [1.29, 1.82) is 0 Å². The summed E-state index contributed by atoms with van der Waals surface area (Å²) in [5, 5.41) is 2.93. The van der Waals surface area contributed by atoms with Gasteiger partial charge in [-0.05, 0) is 22.9 Å². The Morgan fingerprint density at radius 3 is 3.00 bits per heavy atom. The van der Waals surface area contributed by atoms with Crippen LogP contribution in [0.3, 0.4) is 0 Å². The highest BCUT2D eigenvalue weighted by atomic mass is 79.9. The number of rotatable bonds is 4. The summed E-state index contributed by atoms with van der Waals surface area (Å²) < 4.78 is 6.14. The predicted octanol–water partition coefficient (Wildman–Crippen LogP) is 2.24. The van der Waals surface area contributed by atoms with E-state index in [0.717, 1.165) is 10.3 Å². The number of nitrogens with zero attached hydrogens (tertiary/aromatic N) is 2. The lowest BCUT2D eigenvalue weighted by Gasteiger charge is -2.07. The van der Waals surface area contributed by atoms with E-state index in [2.05, 4.69) is 31.2 Å². The number of nitrogens with one attached hydrogen (secondary N) is 1. The van der Waals surface area contributed by atoms with E-state index in [0.29, 0.717) is 12.5 Å². The zero-order chi connectivity index (χ0) is 10.4. The summed E-state index contributed by atoms with van der Waals surface area (Å²) in [5.74, 6) is 1.26. The molecule has 0 unspecified atom stereocenters. The van der Waals surface area contributed by atoms with Crippen LogP contribution in [-0.4, -0.2) is 23.6 Å². The molecular weight excluding hydrogens is 246 g/mol. The first-order valence-electron chi connectivity index (χ1n) is 4.21. The van der Waals surface area contributed by atoms with E-state index < -0.39 is 0 Å². The molecule has 1 aromatic rings. The molecule has 5 heteroatoms. The monoisotopic (exact) mass is 257 g/mol. The third-order valence-corrected chi connectivity index (χ3v) is 2.26. The largest absolute Gasteiger partial charge is 0.473 e. The van der Waals surface area contributed by atoms with Crippen LogP contribution in [0.15, 0.2) is 23.0 Å². The molecule has 0 atom stereocenters. The van der Waals surface area contributed by atoms with Crippen molar-refractivity contribution in [3.05, 3.63) is 23.0 Å². The molecule has 0 radical (unpaired) electrons. The van der Waals surface area contributed by atoms with Gasteiger partial charge in [0.2, 0.25) is 5.88 Å². The number of aromatic nitrogens is 2. The van der Waals surface area contributed by atoms with Crippen LogP contribution in [0.5, 0.6) is 5.88 Å². The lowest BCUT2D eigenvalue weighted by atomic mass is 10.5. The van der Waals surface area contributed by atoms with Gasteiger partial charge in [0, 0.05) is 7.05 Å². The molecule has 1 heterocycles. The van der Waals surface area contributed by atoms with Crippen LogP contribution in [0.2, 0.25) is 0 Å². The van der Waals surface area contributed by atoms with Gasteiger partial charge >= 0.3 is 0 Å². The molecule has 14 heavy (non-hydrogen) atoms. The summed E-state index contributed by atoms with van der Waals surface area (Å²) >= 11 is 3.36. The minimum absolute atomic E-state index is 0.509. The molecule has 0 spiro atoms. The maximum atomic E-state index is 5.39. The Balaban J connectivity index is 2.76. The van der Waals surface area contributed by atoms with Crippen molar-refractivity contribution in [1.82, 2.24) is 9.97 Å². The second-order valence-electron chi connectivity index (χ2n) is 2.47. The van der Waals surface area contributed by atoms with E-state index in [1.54, 1.807) is 7.05 Å². The molecule has 76 valence electrons.